The van der Waals surface area contributed by atoms with Crippen LogP contribution in [0.25, 0.3) is 33.3 Å². The minimum Gasteiger partial charge on any atom is -0.378 e. The Hall–Kier alpha value is -4.24. The van der Waals surface area contributed by atoms with Gasteiger partial charge in [-0.15, -0.1) is 0 Å². The lowest BCUT2D eigenvalue weighted by Crippen LogP contribution is -2.36. The molecule has 1 saturated carbocycles. The first-order chi connectivity index (χ1) is 18.2. The van der Waals surface area contributed by atoms with Crippen molar-refractivity contribution in [2.75, 3.05) is 36.5 Å². The van der Waals surface area contributed by atoms with Gasteiger partial charge in [-0.25, -0.2) is 15.0 Å². The fraction of sp³-hybridized carbons (Fsp3) is 0.286. The molecule has 9 heteroatoms. The largest absolute Gasteiger partial charge is 0.378 e. The molecule has 0 unspecified atom stereocenters. The molecule has 4 heterocycles. The van der Waals surface area contributed by atoms with Crippen molar-refractivity contribution in [1.82, 2.24) is 24.9 Å². The van der Waals surface area contributed by atoms with Gasteiger partial charge in [0.1, 0.15) is 11.4 Å². The lowest BCUT2D eigenvalue weighted by molar-refractivity contribution is 0.122. The summed E-state index contributed by atoms with van der Waals surface area (Å²) in [5, 5.41) is 4.61. The zero-order valence-corrected chi connectivity index (χ0v) is 20.3. The quantitative estimate of drug-likeness (QED) is 0.324. The monoisotopic (exact) mass is 493 g/mol. The molecular weight excluding hydrogens is 466 g/mol. The second kappa shape index (κ2) is 9.01. The maximum Gasteiger partial charge on any atom is 0.261 e. The normalized spacial score (nSPS) is 16.8. The van der Waals surface area contributed by atoms with E-state index in [0.29, 0.717) is 17.3 Å². The number of fused-ring (bicyclic) bond motifs is 2. The van der Waals surface area contributed by atoms with Gasteiger partial charge in [-0.2, -0.15) is 0 Å². The van der Waals surface area contributed by atoms with Gasteiger partial charge in [-0.3, -0.25) is 4.79 Å². The second-order valence-corrected chi connectivity index (χ2v) is 9.70. The summed E-state index contributed by atoms with van der Waals surface area (Å²) in [5.74, 6) is 1.69. The predicted molar refractivity (Wildman–Crippen MR) is 144 cm³/mol. The van der Waals surface area contributed by atoms with Crippen molar-refractivity contribution in [3.63, 3.8) is 0 Å². The molecule has 9 nitrogen and oxygen atoms in total. The van der Waals surface area contributed by atoms with Crippen LogP contribution in [0.1, 0.15) is 24.7 Å². The van der Waals surface area contributed by atoms with Crippen molar-refractivity contribution >= 4 is 33.3 Å². The summed E-state index contributed by atoms with van der Waals surface area (Å²) in [5.41, 5.74) is 4.64. The molecule has 0 radical (unpaired) electrons. The van der Waals surface area contributed by atoms with Gasteiger partial charge < -0.3 is 24.9 Å². The highest BCUT2D eigenvalue weighted by atomic mass is 16.5. The third-order valence-corrected chi connectivity index (χ3v) is 7.26. The van der Waals surface area contributed by atoms with Gasteiger partial charge in [-0.1, -0.05) is 18.2 Å². The Morgan fingerprint density at radius 3 is 2.59 bits per heavy atom. The number of aromatic nitrogens is 5. The van der Waals surface area contributed by atoms with Crippen molar-refractivity contribution in [3.05, 3.63) is 77.1 Å². The lowest BCUT2D eigenvalue weighted by atomic mass is 10.1. The van der Waals surface area contributed by atoms with Crippen molar-refractivity contribution < 1.29 is 4.74 Å². The number of hydrogen-bond donors (Lipinski definition) is 3. The first-order valence-corrected chi connectivity index (χ1v) is 12.8. The van der Waals surface area contributed by atoms with Gasteiger partial charge in [0.05, 0.1) is 41.5 Å². The van der Waals surface area contributed by atoms with Gasteiger partial charge in [0.25, 0.3) is 5.56 Å². The van der Waals surface area contributed by atoms with Crippen molar-refractivity contribution in [1.29, 1.82) is 0 Å². The first kappa shape index (κ1) is 22.0. The smallest absolute Gasteiger partial charge is 0.261 e. The highest BCUT2D eigenvalue weighted by Gasteiger charge is 2.35. The van der Waals surface area contributed by atoms with Gasteiger partial charge >= 0.3 is 0 Å². The number of aromatic amines is 2. The molecule has 0 spiro atoms. The molecule has 1 saturated heterocycles. The van der Waals surface area contributed by atoms with Crippen molar-refractivity contribution in [2.24, 2.45) is 5.92 Å². The molecule has 0 amide bonds. The Bertz CT molecular complexity index is 1640. The minimum atomic E-state index is -0.197. The van der Waals surface area contributed by atoms with Crippen LogP contribution in [0.4, 0.5) is 11.4 Å². The number of nitrogens with one attached hydrogen (secondary N) is 3. The van der Waals surface area contributed by atoms with E-state index in [9.17, 15) is 4.79 Å². The Balaban J connectivity index is 1.36. The van der Waals surface area contributed by atoms with E-state index in [1.807, 2.05) is 36.4 Å². The summed E-state index contributed by atoms with van der Waals surface area (Å²) in [4.78, 5) is 36.2. The zero-order valence-electron chi connectivity index (χ0n) is 20.3. The first-order valence-electron chi connectivity index (χ1n) is 12.8. The van der Waals surface area contributed by atoms with Gasteiger partial charge in [0.2, 0.25) is 0 Å². The molecule has 2 aromatic carbocycles. The number of rotatable bonds is 6. The van der Waals surface area contributed by atoms with Gasteiger partial charge in [0, 0.05) is 36.6 Å². The van der Waals surface area contributed by atoms with E-state index in [4.69, 9.17) is 9.72 Å². The number of hydrogen-bond acceptors (Lipinski definition) is 7. The molecule has 0 bridgehead atoms. The standard InChI is InChI=1S/C28H27N7O2/c36-28-23(26-31-21-9-8-18(16-22(21)32-26)35-12-14-37-15-13-35)25(19-4-1-2-5-20(19)33-28)34-24(17-6-7-17)27-29-10-3-11-30-27/h1-5,8-11,16-17,24H,6-7,12-15H2,(H,31,32)(H2,33,34,36)/t24-/m1/s1. The van der Waals surface area contributed by atoms with Crippen LogP contribution in [0.5, 0.6) is 0 Å². The summed E-state index contributed by atoms with van der Waals surface area (Å²) in [7, 11) is 0. The Morgan fingerprint density at radius 2 is 1.78 bits per heavy atom. The maximum absolute atomic E-state index is 13.5. The topological polar surface area (TPSA) is 112 Å². The molecule has 2 fully saturated rings. The van der Waals surface area contributed by atoms with Gasteiger partial charge in [0.15, 0.2) is 5.82 Å². The molecule has 186 valence electrons. The Labute approximate surface area is 212 Å². The highest BCUT2D eigenvalue weighted by molar-refractivity contribution is 5.99. The number of benzene rings is 2. The third-order valence-electron chi connectivity index (χ3n) is 7.26. The molecular formula is C28H27N7O2. The number of anilines is 2. The molecule has 1 aliphatic carbocycles. The third kappa shape index (κ3) is 4.11. The fourth-order valence-electron chi connectivity index (χ4n) is 5.20. The summed E-state index contributed by atoms with van der Waals surface area (Å²) < 4.78 is 5.50. The molecule has 3 aromatic heterocycles. The SMILES string of the molecule is O=c1[nH]c2ccccc2c(N[C@@H](c2ncccn2)C2CC2)c1-c1nc2ccc(N3CCOCC3)cc2[nH]1. The van der Waals surface area contributed by atoms with E-state index in [1.165, 1.54) is 0 Å². The van der Waals surface area contributed by atoms with Crippen molar-refractivity contribution in [3.8, 4) is 11.4 Å². The molecule has 37 heavy (non-hydrogen) atoms. The minimum absolute atomic E-state index is 0.0949. The number of H-pyrrole nitrogens is 2. The van der Waals surface area contributed by atoms with Crippen LogP contribution in [0.2, 0.25) is 0 Å². The van der Waals surface area contributed by atoms with Crippen LogP contribution >= 0.6 is 0 Å². The van der Waals surface area contributed by atoms with Crippen LogP contribution in [-0.4, -0.2) is 51.2 Å². The van der Waals surface area contributed by atoms with E-state index in [-0.39, 0.29) is 11.6 Å². The summed E-state index contributed by atoms with van der Waals surface area (Å²) >= 11 is 0. The average molecular weight is 494 g/mol. The number of imidazole rings is 1. The molecule has 7 rings (SSSR count). The highest BCUT2D eigenvalue weighted by Crippen LogP contribution is 2.43. The van der Waals surface area contributed by atoms with Crippen LogP contribution in [0, 0.1) is 5.92 Å². The number of morpholine rings is 1. The van der Waals surface area contributed by atoms with Crippen LogP contribution < -0.4 is 15.8 Å². The van der Waals surface area contributed by atoms with Gasteiger partial charge in [-0.05, 0) is 49.1 Å². The summed E-state index contributed by atoms with van der Waals surface area (Å²) in [6.07, 6.45) is 5.73. The summed E-state index contributed by atoms with van der Waals surface area (Å²) in [6, 6.07) is 15.8. The number of ether oxygens (including phenoxy) is 1. The number of nitrogens with zero attached hydrogens (tertiary/aromatic N) is 4. The van der Waals surface area contributed by atoms with Crippen LogP contribution in [0.15, 0.2) is 65.7 Å². The van der Waals surface area contributed by atoms with E-state index in [0.717, 1.165) is 78.3 Å². The fourth-order valence-corrected chi connectivity index (χ4v) is 5.20. The molecule has 1 aliphatic heterocycles. The second-order valence-electron chi connectivity index (χ2n) is 9.70. The molecule has 2 aliphatic rings. The number of para-hydroxylation sites is 1. The van der Waals surface area contributed by atoms with Crippen LogP contribution in [-0.2, 0) is 4.74 Å². The van der Waals surface area contributed by atoms with E-state index >= 15 is 0 Å². The van der Waals surface area contributed by atoms with Crippen molar-refractivity contribution in [2.45, 2.75) is 18.9 Å². The van der Waals surface area contributed by atoms with E-state index in [2.05, 4.69) is 42.3 Å². The van der Waals surface area contributed by atoms with E-state index in [1.54, 1.807) is 12.4 Å². The zero-order chi connectivity index (χ0) is 24.8. The number of pyridine rings is 1. The molecule has 5 aromatic rings. The predicted octanol–water partition coefficient (Wildman–Crippen LogP) is 4.26. The van der Waals surface area contributed by atoms with Crippen LogP contribution in [0.3, 0.4) is 0 Å². The molecule has 3 N–H and O–H groups in total. The maximum atomic E-state index is 13.5. The Morgan fingerprint density at radius 1 is 0.973 bits per heavy atom. The average Bonchev–Trinajstić information content (AvgIpc) is 3.70. The van der Waals surface area contributed by atoms with E-state index < -0.39 is 0 Å². The molecule has 1 atom stereocenters. The summed E-state index contributed by atoms with van der Waals surface area (Å²) in [6.45, 7) is 3.16. The lowest BCUT2D eigenvalue weighted by Gasteiger charge is -2.28. The Kier molecular flexibility index (Phi) is 5.35.